The Morgan fingerprint density at radius 1 is 0.507 bits per heavy atom. The van der Waals surface area contributed by atoms with Crippen LogP contribution in [0.2, 0.25) is 0 Å². The summed E-state index contributed by atoms with van der Waals surface area (Å²) in [6.07, 6.45) is 10.1. The van der Waals surface area contributed by atoms with Crippen molar-refractivity contribution < 1.29 is 0 Å². The van der Waals surface area contributed by atoms with Gasteiger partial charge in [0.25, 0.3) is 0 Å². The predicted octanol–water partition coefficient (Wildman–Crippen LogP) is 18.1. The third-order valence-corrected chi connectivity index (χ3v) is 15.4. The van der Waals surface area contributed by atoms with E-state index in [9.17, 15) is 0 Å². The number of hydrogen-bond acceptors (Lipinski definition) is 2. The van der Waals surface area contributed by atoms with E-state index in [4.69, 9.17) is 6.58 Å². The Bertz CT molecular complexity index is 3070. The Balaban J connectivity index is 1.03. The van der Waals surface area contributed by atoms with E-state index in [1.54, 1.807) is 0 Å². The molecule has 0 radical (unpaired) electrons. The van der Waals surface area contributed by atoms with Crippen LogP contribution >= 0.6 is 0 Å². The molecule has 2 unspecified atom stereocenters. The highest BCUT2D eigenvalue weighted by molar-refractivity contribution is 6.16. The standard InChI is InChI=1S/C64H61N3/c1-4-47(5-2)45-59-46(3)64(59,50-35-41-55(42-36-50)65(52-23-12-7-13-24-52)53-25-14-8-15-26-53)51-37-43-57(44-38-51)66(56-39-33-49(34-40-56)48-21-10-6-11-22-48)61-31-20-32-62-63(61)58-29-18-19-30-60(58)67(62)54-27-16-9-17-28-54/h7-9,12-20,23-44,47-48,59H,3-6,10-11,21-22,45H2,1-2H3. The van der Waals surface area contributed by atoms with Gasteiger partial charge in [-0.15, -0.1) is 0 Å². The minimum Gasteiger partial charge on any atom is -0.311 e. The molecule has 1 aromatic heterocycles. The van der Waals surface area contributed by atoms with Crippen LogP contribution in [0.15, 0.2) is 218 Å². The fourth-order valence-corrected chi connectivity index (χ4v) is 11.8. The summed E-state index contributed by atoms with van der Waals surface area (Å²) in [5.41, 5.74) is 15.7. The fraction of sp³-hybridized carbons (Fsp3) is 0.219. The summed E-state index contributed by atoms with van der Waals surface area (Å²) < 4.78 is 2.42. The van der Waals surface area contributed by atoms with Gasteiger partial charge in [-0.05, 0) is 145 Å². The second kappa shape index (κ2) is 18.3. The number of rotatable bonds is 14. The molecule has 1 heterocycles. The molecule has 0 bridgehead atoms. The molecule has 0 saturated heterocycles. The molecule has 67 heavy (non-hydrogen) atoms. The van der Waals surface area contributed by atoms with E-state index in [2.05, 4.69) is 234 Å². The zero-order valence-corrected chi connectivity index (χ0v) is 39.1. The van der Waals surface area contributed by atoms with E-state index in [0.717, 1.165) is 34.9 Å². The summed E-state index contributed by atoms with van der Waals surface area (Å²) >= 11 is 0. The Kier molecular flexibility index (Phi) is 11.6. The van der Waals surface area contributed by atoms with Crippen LogP contribution in [0.3, 0.4) is 0 Å². The number of fused-ring (bicyclic) bond motifs is 3. The first-order valence-electron chi connectivity index (χ1n) is 24.9. The molecule has 2 saturated carbocycles. The first-order chi connectivity index (χ1) is 33.1. The lowest BCUT2D eigenvalue weighted by atomic mass is 9.82. The second-order valence-electron chi connectivity index (χ2n) is 19.0. The molecule has 0 amide bonds. The lowest BCUT2D eigenvalue weighted by Gasteiger charge is -2.29. The van der Waals surface area contributed by atoms with Gasteiger partial charge in [0.15, 0.2) is 0 Å². The quantitative estimate of drug-likeness (QED) is 0.101. The topological polar surface area (TPSA) is 11.4 Å². The first-order valence-corrected chi connectivity index (χ1v) is 24.9. The van der Waals surface area contributed by atoms with Crippen LogP contribution in [-0.4, -0.2) is 4.57 Å². The molecule has 0 spiro atoms. The average Bonchev–Trinajstić information content (AvgIpc) is 3.83. The van der Waals surface area contributed by atoms with Crippen molar-refractivity contribution in [2.45, 2.75) is 76.5 Å². The van der Waals surface area contributed by atoms with Crippen molar-refractivity contribution in [3.05, 3.63) is 235 Å². The SMILES string of the molecule is C=C1C(CC(CC)CC)C1(c1ccc(N(c2ccccc2)c2ccccc2)cc1)c1ccc(N(c2ccc(C3CCCCC3)cc2)c2cccc3c2c2ccccc2n3-c2ccccc2)cc1. The molecule has 11 rings (SSSR count). The average molecular weight is 872 g/mol. The van der Waals surface area contributed by atoms with Gasteiger partial charge in [-0.25, -0.2) is 0 Å². The van der Waals surface area contributed by atoms with Crippen LogP contribution in [0.25, 0.3) is 27.5 Å². The minimum atomic E-state index is -0.264. The van der Waals surface area contributed by atoms with Crippen molar-refractivity contribution in [1.29, 1.82) is 0 Å². The molecule has 2 fully saturated rings. The zero-order chi connectivity index (χ0) is 45.3. The van der Waals surface area contributed by atoms with Crippen LogP contribution in [0, 0.1) is 11.8 Å². The number of para-hydroxylation sites is 4. The van der Waals surface area contributed by atoms with Crippen molar-refractivity contribution in [1.82, 2.24) is 4.57 Å². The largest absolute Gasteiger partial charge is 0.311 e. The summed E-state index contributed by atoms with van der Waals surface area (Å²) in [6, 6.07) is 76.5. The Morgan fingerprint density at radius 2 is 1.00 bits per heavy atom. The van der Waals surface area contributed by atoms with Gasteiger partial charge in [-0.3, -0.25) is 0 Å². The lowest BCUT2D eigenvalue weighted by Crippen LogP contribution is -2.16. The number of nitrogens with zero attached hydrogens (tertiary/aromatic N) is 3. The van der Waals surface area contributed by atoms with Crippen molar-refractivity contribution in [2.75, 3.05) is 9.80 Å². The molecule has 8 aromatic carbocycles. The summed E-state index contributed by atoms with van der Waals surface area (Å²) in [4.78, 5) is 4.86. The van der Waals surface area contributed by atoms with Gasteiger partial charge in [0.2, 0.25) is 0 Å². The van der Waals surface area contributed by atoms with Gasteiger partial charge in [0.05, 0.1) is 16.7 Å². The summed E-state index contributed by atoms with van der Waals surface area (Å²) in [7, 11) is 0. The van der Waals surface area contributed by atoms with Gasteiger partial charge < -0.3 is 14.4 Å². The van der Waals surface area contributed by atoms with Crippen LogP contribution in [0.5, 0.6) is 0 Å². The molecule has 332 valence electrons. The zero-order valence-electron chi connectivity index (χ0n) is 39.1. The first kappa shape index (κ1) is 42.5. The highest BCUT2D eigenvalue weighted by atomic mass is 15.2. The molecular weight excluding hydrogens is 811 g/mol. The lowest BCUT2D eigenvalue weighted by molar-refractivity contribution is 0.417. The summed E-state index contributed by atoms with van der Waals surface area (Å²) in [5.74, 6) is 1.67. The highest BCUT2D eigenvalue weighted by Crippen LogP contribution is 2.65. The van der Waals surface area contributed by atoms with Crippen molar-refractivity contribution in [3.63, 3.8) is 0 Å². The molecule has 9 aromatic rings. The van der Waals surface area contributed by atoms with E-state index in [0.29, 0.717) is 17.8 Å². The van der Waals surface area contributed by atoms with Gasteiger partial charge >= 0.3 is 0 Å². The van der Waals surface area contributed by atoms with E-state index in [1.807, 2.05) is 0 Å². The number of benzene rings is 8. The van der Waals surface area contributed by atoms with Crippen molar-refractivity contribution in [3.8, 4) is 5.69 Å². The van der Waals surface area contributed by atoms with Gasteiger partial charge in [0, 0.05) is 50.3 Å². The van der Waals surface area contributed by atoms with Crippen LogP contribution in [0.4, 0.5) is 34.1 Å². The van der Waals surface area contributed by atoms with Crippen LogP contribution < -0.4 is 9.80 Å². The third-order valence-electron chi connectivity index (χ3n) is 15.4. The maximum absolute atomic E-state index is 4.90. The van der Waals surface area contributed by atoms with E-state index >= 15 is 0 Å². The third kappa shape index (κ3) is 7.65. The Hall–Kier alpha value is -7.10. The molecule has 0 aliphatic heterocycles. The van der Waals surface area contributed by atoms with Crippen molar-refractivity contribution >= 4 is 55.9 Å². The molecule has 2 aliphatic rings. The molecule has 3 nitrogen and oxygen atoms in total. The number of anilines is 6. The highest BCUT2D eigenvalue weighted by Gasteiger charge is 2.60. The monoisotopic (exact) mass is 871 g/mol. The van der Waals surface area contributed by atoms with E-state index in [-0.39, 0.29) is 5.41 Å². The van der Waals surface area contributed by atoms with Crippen LogP contribution in [0.1, 0.15) is 87.8 Å². The Labute approximate surface area is 397 Å². The van der Waals surface area contributed by atoms with E-state index in [1.165, 1.54) is 100 Å². The molecule has 2 atom stereocenters. The van der Waals surface area contributed by atoms with Crippen molar-refractivity contribution in [2.24, 2.45) is 11.8 Å². The number of aromatic nitrogens is 1. The van der Waals surface area contributed by atoms with E-state index < -0.39 is 0 Å². The van der Waals surface area contributed by atoms with Gasteiger partial charge in [-0.1, -0.05) is 173 Å². The second-order valence-corrected chi connectivity index (χ2v) is 19.0. The van der Waals surface area contributed by atoms with Gasteiger partial charge in [-0.2, -0.15) is 0 Å². The van der Waals surface area contributed by atoms with Crippen LogP contribution in [-0.2, 0) is 5.41 Å². The number of hydrogen-bond donors (Lipinski definition) is 0. The molecule has 2 aliphatic carbocycles. The molecular formula is C64H61N3. The van der Waals surface area contributed by atoms with Gasteiger partial charge in [0.1, 0.15) is 0 Å². The predicted molar refractivity (Wildman–Crippen MR) is 285 cm³/mol. The number of allylic oxidation sites excluding steroid dienone is 1. The maximum Gasteiger partial charge on any atom is 0.0562 e. The normalized spacial score (nSPS) is 17.3. The minimum absolute atomic E-state index is 0.264. The molecule has 0 N–H and O–H groups in total. The molecule has 3 heteroatoms. The Morgan fingerprint density at radius 3 is 1.58 bits per heavy atom. The smallest absolute Gasteiger partial charge is 0.0562 e. The summed E-state index contributed by atoms with van der Waals surface area (Å²) in [6.45, 7) is 9.59. The summed E-state index contributed by atoms with van der Waals surface area (Å²) in [5, 5.41) is 2.50. The fourth-order valence-electron chi connectivity index (χ4n) is 11.8. The maximum atomic E-state index is 4.90.